The van der Waals surface area contributed by atoms with Gasteiger partial charge in [-0.15, -0.1) is 0 Å². The average molecular weight is 256 g/mol. The third kappa shape index (κ3) is 2.04. The standard InChI is InChI=1S/C10H12N2O4S/c1-17(15,16)7-3-2-6-4-8(11)10(13)12(14)9(6)5-7/h2-3,5,8,14H,4,11H2,1H3/t8-/m0/s1. The number of rotatable bonds is 1. The van der Waals surface area contributed by atoms with Gasteiger partial charge in [-0.25, -0.2) is 8.42 Å². The maximum Gasteiger partial charge on any atom is 0.267 e. The lowest BCUT2D eigenvalue weighted by Crippen LogP contribution is -2.47. The number of hydroxylamine groups is 1. The molecule has 0 aromatic heterocycles. The Balaban J connectivity index is 2.57. The van der Waals surface area contributed by atoms with E-state index in [1.807, 2.05) is 0 Å². The molecule has 0 radical (unpaired) electrons. The summed E-state index contributed by atoms with van der Waals surface area (Å²) in [5, 5.41) is 10.0. The second kappa shape index (κ2) is 3.80. The molecule has 1 amide bonds. The highest BCUT2D eigenvalue weighted by atomic mass is 32.2. The minimum absolute atomic E-state index is 0.0542. The van der Waals surface area contributed by atoms with Crippen molar-refractivity contribution in [3.63, 3.8) is 0 Å². The van der Waals surface area contributed by atoms with Gasteiger partial charge in [-0.05, 0) is 24.1 Å². The first-order chi connectivity index (χ1) is 7.80. The smallest absolute Gasteiger partial charge is 0.267 e. The lowest BCUT2D eigenvalue weighted by molar-refractivity contribution is -0.125. The largest absolute Gasteiger partial charge is 0.320 e. The molecule has 7 heteroatoms. The van der Waals surface area contributed by atoms with Gasteiger partial charge in [0.25, 0.3) is 5.91 Å². The van der Waals surface area contributed by atoms with E-state index in [2.05, 4.69) is 0 Å². The van der Waals surface area contributed by atoms with Crippen LogP contribution >= 0.6 is 0 Å². The monoisotopic (exact) mass is 256 g/mol. The van der Waals surface area contributed by atoms with Gasteiger partial charge >= 0.3 is 0 Å². The zero-order valence-corrected chi connectivity index (χ0v) is 9.94. The molecule has 1 aromatic rings. The molecule has 3 N–H and O–H groups in total. The lowest BCUT2D eigenvalue weighted by Gasteiger charge is -2.27. The lowest BCUT2D eigenvalue weighted by atomic mass is 9.99. The number of carbonyl (C=O) groups is 1. The Morgan fingerprint density at radius 2 is 2.12 bits per heavy atom. The number of anilines is 1. The molecule has 0 bridgehead atoms. The van der Waals surface area contributed by atoms with Gasteiger partial charge in [-0.1, -0.05) is 6.07 Å². The Kier molecular flexibility index (Phi) is 2.69. The summed E-state index contributed by atoms with van der Waals surface area (Å²) in [6.45, 7) is 0. The highest BCUT2D eigenvalue weighted by Crippen LogP contribution is 2.28. The molecule has 1 aromatic carbocycles. The first-order valence-corrected chi connectivity index (χ1v) is 6.81. The van der Waals surface area contributed by atoms with Crippen molar-refractivity contribution < 1.29 is 18.4 Å². The topological polar surface area (TPSA) is 101 Å². The summed E-state index contributed by atoms with van der Waals surface area (Å²) in [6.07, 6.45) is 1.35. The molecule has 1 aliphatic heterocycles. The van der Waals surface area contributed by atoms with Gasteiger partial charge in [0.1, 0.15) is 0 Å². The Labute approximate surface area is 98.5 Å². The highest BCUT2D eigenvalue weighted by molar-refractivity contribution is 7.90. The molecule has 6 nitrogen and oxygen atoms in total. The predicted octanol–water partition coefficient (Wildman–Crippen LogP) is -0.304. The number of sulfone groups is 1. The molecule has 1 aliphatic rings. The fraction of sp³-hybridized carbons (Fsp3) is 0.300. The fourth-order valence-electron chi connectivity index (χ4n) is 1.74. The van der Waals surface area contributed by atoms with Gasteiger partial charge < -0.3 is 5.73 Å². The van der Waals surface area contributed by atoms with Crippen molar-refractivity contribution >= 4 is 21.4 Å². The van der Waals surface area contributed by atoms with E-state index in [1.54, 1.807) is 6.07 Å². The van der Waals surface area contributed by atoms with Crippen molar-refractivity contribution in [3.8, 4) is 0 Å². The molecule has 1 atom stereocenters. The molecule has 0 saturated carbocycles. The number of hydrogen-bond acceptors (Lipinski definition) is 5. The van der Waals surface area contributed by atoms with Crippen LogP contribution < -0.4 is 10.8 Å². The van der Waals surface area contributed by atoms with E-state index in [9.17, 15) is 18.4 Å². The number of benzene rings is 1. The zero-order chi connectivity index (χ0) is 12.8. The van der Waals surface area contributed by atoms with Crippen molar-refractivity contribution in [1.82, 2.24) is 0 Å². The van der Waals surface area contributed by atoms with E-state index in [1.165, 1.54) is 12.1 Å². The SMILES string of the molecule is CS(=O)(=O)c1ccc2c(c1)N(O)C(=O)[C@@H](N)C2. The van der Waals surface area contributed by atoms with Crippen LogP contribution in [0.25, 0.3) is 0 Å². The van der Waals surface area contributed by atoms with Crippen LogP contribution in [-0.2, 0) is 21.1 Å². The maximum absolute atomic E-state index is 11.5. The van der Waals surface area contributed by atoms with Crippen molar-refractivity contribution in [1.29, 1.82) is 0 Å². The predicted molar refractivity (Wildman–Crippen MR) is 60.5 cm³/mol. The van der Waals surface area contributed by atoms with E-state index >= 15 is 0 Å². The van der Waals surface area contributed by atoms with Crippen LogP contribution in [0.5, 0.6) is 0 Å². The minimum atomic E-state index is -3.37. The Bertz CT molecular complexity index is 582. The van der Waals surface area contributed by atoms with Crippen molar-refractivity contribution in [2.45, 2.75) is 17.4 Å². The first kappa shape index (κ1) is 12.0. The molecule has 0 fully saturated rings. The summed E-state index contributed by atoms with van der Waals surface area (Å²) in [5.74, 6) is -0.636. The van der Waals surface area contributed by atoms with E-state index in [0.717, 1.165) is 6.26 Å². The molecule has 0 unspecified atom stereocenters. The van der Waals surface area contributed by atoms with Crippen LogP contribution in [0.4, 0.5) is 5.69 Å². The third-order valence-corrected chi connectivity index (χ3v) is 3.79. The van der Waals surface area contributed by atoms with Crippen molar-refractivity contribution in [2.75, 3.05) is 11.3 Å². The molecule has 0 saturated heterocycles. The van der Waals surface area contributed by atoms with Crippen molar-refractivity contribution in [3.05, 3.63) is 23.8 Å². The van der Waals surface area contributed by atoms with Gasteiger partial charge in [-0.2, -0.15) is 5.06 Å². The summed E-state index contributed by atoms with van der Waals surface area (Å²) >= 11 is 0. The summed E-state index contributed by atoms with van der Waals surface area (Å²) in [7, 11) is -3.37. The quantitative estimate of drug-likeness (QED) is 0.671. The number of nitrogens with two attached hydrogens (primary N) is 1. The van der Waals surface area contributed by atoms with Gasteiger partial charge in [0.05, 0.1) is 16.6 Å². The third-order valence-electron chi connectivity index (χ3n) is 2.68. The zero-order valence-electron chi connectivity index (χ0n) is 9.12. The summed E-state index contributed by atoms with van der Waals surface area (Å²) in [5.41, 5.74) is 6.36. The van der Waals surface area contributed by atoms with E-state index in [0.29, 0.717) is 10.6 Å². The van der Waals surface area contributed by atoms with Crippen LogP contribution in [0.2, 0.25) is 0 Å². The summed E-state index contributed by atoms with van der Waals surface area (Å²) in [4.78, 5) is 11.5. The van der Waals surface area contributed by atoms with Gasteiger partial charge in [0, 0.05) is 6.26 Å². The second-order valence-electron chi connectivity index (χ2n) is 4.02. The van der Waals surface area contributed by atoms with Crippen molar-refractivity contribution in [2.24, 2.45) is 5.73 Å². The summed E-state index contributed by atoms with van der Waals surface area (Å²) in [6, 6.07) is 3.47. The first-order valence-electron chi connectivity index (χ1n) is 4.92. The number of carbonyl (C=O) groups excluding carboxylic acids is 1. The Hall–Kier alpha value is -1.44. The number of fused-ring (bicyclic) bond motifs is 1. The van der Waals surface area contributed by atoms with Crippen LogP contribution in [0, 0.1) is 0 Å². The number of nitrogens with zero attached hydrogens (tertiary/aromatic N) is 1. The van der Waals surface area contributed by atoms with Gasteiger partial charge in [0.2, 0.25) is 0 Å². The van der Waals surface area contributed by atoms with Crippen LogP contribution in [0.3, 0.4) is 0 Å². The molecule has 0 spiro atoms. The van der Waals surface area contributed by atoms with E-state index in [4.69, 9.17) is 5.73 Å². The fourth-order valence-corrected chi connectivity index (χ4v) is 2.39. The summed E-state index contributed by atoms with van der Waals surface area (Å²) < 4.78 is 22.7. The normalized spacial score (nSPS) is 20.3. The molecule has 1 heterocycles. The molecule has 92 valence electrons. The average Bonchev–Trinajstić information content (AvgIpc) is 2.24. The van der Waals surface area contributed by atoms with E-state index < -0.39 is 21.8 Å². The van der Waals surface area contributed by atoms with Crippen LogP contribution in [-0.4, -0.2) is 31.8 Å². The molecular weight excluding hydrogens is 244 g/mol. The number of amides is 1. The van der Waals surface area contributed by atoms with Gasteiger partial charge in [0.15, 0.2) is 9.84 Å². The Morgan fingerprint density at radius 1 is 1.47 bits per heavy atom. The molecule has 0 aliphatic carbocycles. The van der Waals surface area contributed by atoms with E-state index in [-0.39, 0.29) is 17.0 Å². The molecule has 2 rings (SSSR count). The van der Waals surface area contributed by atoms with Crippen LogP contribution in [0.1, 0.15) is 5.56 Å². The van der Waals surface area contributed by atoms with Gasteiger partial charge in [-0.3, -0.25) is 10.0 Å². The maximum atomic E-state index is 11.5. The van der Waals surface area contributed by atoms with Crippen LogP contribution in [0.15, 0.2) is 23.1 Å². The Morgan fingerprint density at radius 3 is 2.71 bits per heavy atom. The highest BCUT2D eigenvalue weighted by Gasteiger charge is 2.30. The minimum Gasteiger partial charge on any atom is -0.320 e. The second-order valence-corrected chi connectivity index (χ2v) is 6.04. The molecular formula is C10H12N2O4S. The molecule has 17 heavy (non-hydrogen) atoms. The number of hydrogen-bond donors (Lipinski definition) is 2.